The van der Waals surface area contributed by atoms with Gasteiger partial charge in [0.25, 0.3) is 0 Å². The van der Waals surface area contributed by atoms with Crippen molar-refractivity contribution in [1.29, 1.82) is 0 Å². The number of rotatable bonds is 5. The van der Waals surface area contributed by atoms with E-state index in [1.54, 1.807) is 0 Å². The van der Waals surface area contributed by atoms with E-state index in [2.05, 4.69) is 34.1 Å². The number of hydrogen-bond donors (Lipinski definition) is 0. The van der Waals surface area contributed by atoms with Crippen LogP contribution in [0.5, 0.6) is 0 Å². The van der Waals surface area contributed by atoms with Gasteiger partial charge in [-0.3, -0.25) is 4.90 Å². The van der Waals surface area contributed by atoms with E-state index in [0.29, 0.717) is 0 Å². The highest BCUT2D eigenvalue weighted by Gasteiger charge is 2.16. The molecule has 2 aromatic rings. The van der Waals surface area contributed by atoms with Crippen molar-refractivity contribution in [2.75, 3.05) is 32.7 Å². The molecule has 0 radical (unpaired) electrons. The molecule has 0 N–H and O–H groups in total. The molecule has 138 valence electrons. The monoisotopic (exact) mass is 420 g/mol. The third-order valence-corrected chi connectivity index (χ3v) is 4.92. The number of hydrogen-bond acceptors (Lipinski definition) is 2. The molecular weight excluding hydrogens is 398 g/mol. The second kappa shape index (κ2) is 11.3. The molecule has 0 amide bonds. The highest BCUT2D eigenvalue weighted by atomic mass is 35.5. The molecule has 0 aromatic heterocycles. The summed E-state index contributed by atoms with van der Waals surface area (Å²) < 4.78 is 0. The largest absolute Gasteiger partial charge is 0.300 e. The number of halogens is 4. The molecule has 1 aliphatic rings. The first-order valence-corrected chi connectivity index (χ1v) is 8.88. The molecule has 0 spiro atoms. The van der Waals surface area contributed by atoms with Crippen LogP contribution in [0.4, 0.5) is 0 Å². The van der Waals surface area contributed by atoms with Gasteiger partial charge in [-0.25, -0.2) is 0 Å². The van der Waals surface area contributed by atoms with Crippen molar-refractivity contribution in [3.05, 3.63) is 69.7 Å². The predicted molar refractivity (Wildman–Crippen MR) is 113 cm³/mol. The molecule has 1 saturated heterocycles. The van der Waals surface area contributed by atoms with Crippen molar-refractivity contribution < 1.29 is 0 Å². The summed E-state index contributed by atoms with van der Waals surface area (Å²) in [5, 5.41) is 1.62. The summed E-state index contributed by atoms with van der Waals surface area (Å²) in [6, 6.07) is 16.4. The van der Waals surface area contributed by atoms with E-state index in [-0.39, 0.29) is 24.8 Å². The third-order valence-electron chi connectivity index (χ3n) is 4.41. The van der Waals surface area contributed by atoms with Crippen LogP contribution in [-0.2, 0) is 13.0 Å². The van der Waals surface area contributed by atoms with Crippen LogP contribution < -0.4 is 0 Å². The van der Waals surface area contributed by atoms with E-state index >= 15 is 0 Å². The van der Waals surface area contributed by atoms with Crippen LogP contribution >= 0.6 is 48.0 Å². The maximum absolute atomic E-state index is 5.94. The Hall–Kier alpha value is -0.480. The van der Waals surface area contributed by atoms with Gasteiger partial charge in [0.1, 0.15) is 0 Å². The molecule has 0 aliphatic carbocycles. The van der Waals surface area contributed by atoms with Gasteiger partial charge in [0.15, 0.2) is 0 Å². The van der Waals surface area contributed by atoms with Gasteiger partial charge in [0, 0.05) is 49.3 Å². The topological polar surface area (TPSA) is 6.48 Å². The lowest BCUT2D eigenvalue weighted by atomic mass is 10.1. The van der Waals surface area contributed by atoms with Crippen molar-refractivity contribution in [2.24, 2.45) is 0 Å². The minimum atomic E-state index is 0. The van der Waals surface area contributed by atoms with Gasteiger partial charge in [-0.2, -0.15) is 0 Å². The van der Waals surface area contributed by atoms with E-state index in [1.165, 1.54) is 11.1 Å². The van der Waals surface area contributed by atoms with Crippen LogP contribution in [0.3, 0.4) is 0 Å². The molecule has 3 rings (SSSR count). The molecule has 6 heteroatoms. The molecule has 0 atom stereocenters. The number of nitrogens with zero attached hydrogens (tertiary/aromatic N) is 2. The molecule has 2 nitrogen and oxygen atoms in total. The van der Waals surface area contributed by atoms with E-state index in [0.717, 1.165) is 55.7 Å². The molecule has 1 aliphatic heterocycles. The van der Waals surface area contributed by atoms with Crippen LogP contribution in [0.1, 0.15) is 11.1 Å². The summed E-state index contributed by atoms with van der Waals surface area (Å²) in [5.41, 5.74) is 2.70. The Morgan fingerprint density at radius 1 is 0.640 bits per heavy atom. The van der Waals surface area contributed by atoms with Crippen molar-refractivity contribution in [1.82, 2.24) is 9.80 Å². The van der Waals surface area contributed by atoms with E-state index in [9.17, 15) is 0 Å². The first kappa shape index (κ1) is 22.6. The Morgan fingerprint density at radius 2 is 1.08 bits per heavy atom. The molecule has 0 bridgehead atoms. The molecule has 1 heterocycles. The molecule has 0 saturated carbocycles. The van der Waals surface area contributed by atoms with Crippen molar-refractivity contribution in [2.45, 2.75) is 13.0 Å². The zero-order chi connectivity index (χ0) is 16.1. The molecular formula is C19H24Cl4N2. The smallest absolute Gasteiger partial charge is 0.0406 e. The summed E-state index contributed by atoms with van der Waals surface area (Å²) in [7, 11) is 0. The van der Waals surface area contributed by atoms with Gasteiger partial charge in [-0.15, -0.1) is 24.8 Å². The third kappa shape index (κ3) is 7.34. The Bertz CT molecular complexity index is 608. The first-order valence-electron chi connectivity index (χ1n) is 8.13. The van der Waals surface area contributed by atoms with Crippen molar-refractivity contribution >= 4 is 48.0 Å². The Kier molecular flexibility index (Phi) is 10.2. The number of piperazine rings is 1. The van der Waals surface area contributed by atoms with Crippen LogP contribution in [-0.4, -0.2) is 42.5 Å². The lowest BCUT2D eigenvalue weighted by Gasteiger charge is -2.34. The second-order valence-electron chi connectivity index (χ2n) is 6.12. The fourth-order valence-corrected chi connectivity index (χ4v) is 3.21. The zero-order valence-corrected chi connectivity index (χ0v) is 17.2. The highest BCUT2D eigenvalue weighted by Crippen LogP contribution is 2.14. The molecule has 1 fully saturated rings. The Morgan fingerprint density at radius 3 is 1.60 bits per heavy atom. The van der Waals surface area contributed by atoms with Crippen LogP contribution in [0.25, 0.3) is 0 Å². The van der Waals surface area contributed by atoms with Gasteiger partial charge in [-0.05, 0) is 41.8 Å². The van der Waals surface area contributed by atoms with Gasteiger partial charge in [-0.1, -0.05) is 47.5 Å². The van der Waals surface area contributed by atoms with E-state index < -0.39 is 0 Å². The van der Waals surface area contributed by atoms with E-state index in [4.69, 9.17) is 23.2 Å². The lowest BCUT2D eigenvalue weighted by molar-refractivity contribution is 0.128. The summed E-state index contributed by atoms with van der Waals surface area (Å²) in [4.78, 5) is 5.06. The fourth-order valence-electron chi connectivity index (χ4n) is 2.96. The molecule has 0 unspecified atom stereocenters. The van der Waals surface area contributed by atoms with Gasteiger partial charge >= 0.3 is 0 Å². The maximum Gasteiger partial charge on any atom is 0.0406 e. The molecule has 25 heavy (non-hydrogen) atoms. The average molecular weight is 422 g/mol. The van der Waals surface area contributed by atoms with Crippen LogP contribution in [0.2, 0.25) is 10.0 Å². The van der Waals surface area contributed by atoms with E-state index in [1.807, 2.05) is 24.3 Å². The lowest BCUT2D eigenvalue weighted by Crippen LogP contribution is -2.46. The second-order valence-corrected chi connectivity index (χ2v) is 6.99. The normalized spacial score (nSPS) is 15.3. The standard InChI is InChI=1S/C19H22Cl2N2.2ClH/c20-18-5-1-16(2-6-18)9-10-22-11-13-23(14-12-22)15-17-3-7-19(21)8-4-17;;/h1-8H,9-15H2;2*1H. The zero-order valence-electron chi connectivity index (χ0n) is 14.0. The SMILES string of the molecule is Cl.Cl.Clc1ccc(CCN2CCN(Cc3ccc(Cl)cc3)CC2)cc1. The predicted octanol–water partition coefficient (Wildman–Crippen LogP) is 5.20. The summed E-state index contributed by atoms with van der Waals surface area (Å²) in [6.07, 6.45) is 1.09. The number of benzene rings is 2. The van der Waals surface area contributed by atoms with Gasteiger partial charge < -0.3 is 4.90 Å². The summed E-state index contributed by atoms with van der Waals surface area (Å²) in [5.74, 6) is 0. The fraction of sp³-hybridized carbons (Fsp3) is 0.368. The quantitative estimate of drug-likeness (QED) is 0.654. The van der Waals surface area contributed by atoms with Crippen molar-refractivity contribution in [3.8, 4) is 0 Å². The minimum absolute atomic E-state index is 0. The van der Waals surface area contributed by atoms with Gasteiger partial charge in [0.05, 0.1) is 0 Å². The maximum atomic E-state index is 5.94. The van der Waals surface area contributed by atoms with Crippen LogP contribution in [0, 0.1) is 0 Å². The van der Waals surface area contributed by atoms with Gasteiger partial charge in [0.2, 0.25) is 0 Å². The summed E-state index contributed by atoms with van der Waals surface area (Å²) >= 11 is 11.9. The van der Waals surface area contributed by atoms with Crippen LogP contribution in [0.15, 0.2) is 48.5 Å². The Balaban J connectivity index is 0.00000156. The summed E-state index contributed by atoms with van der Waals surface area (Å²) in [6.45, 7) is 6.67. The average Bonchev–Trinajstić information content (AvgIpc) is 2.58. The van der Waals surface area contributed by atoms with Crippen molar-refractivity contribution in [3.63, 3.8) is 0 Å². The highest BCUT2D eigenvalue weighted by molar-refractivity contribution is 6.30. The minimum Gasteiger partial charge on any atom is -0.300 e. The Labute approximate surface area is 172 Å². The molecule has 2 aromatic carbocycles. The first-order chi connectivity index (χ1) is 11.2.